The topological polar surface area (TPSA) is 62.1 Å². The number of fused-ring (bicyclic) bond motifs is 1. The Bertz CT molecular complexity index is 877. The van der Waals surface area contributed by atoms with Crippen molar-refractivity contribution in [3.05, 3.63) is 48.7 Å². The Balaban J connectivity index is 1.62. The van der Waals surface area contributed by atoms with Crippen molar-refractivity contribution in [2.45, 2.75) is 25.7 Å². The minimum absolute atomic E-state index is 0.269. The second-order valence-corrected chi connectivity index (χ2v) is 6.99. The zero-order valence-electron chi connectivity index (χ0n) is 14.9. The molecule has 1 atom stereocenters. The standard InChI is InChI=1S/C21H24N4O/c26-13-5-7-16-6-4-12-25(15-16)21-23-20(14-22-24-21)19-11-3-9-17-8-1-2-10-18(17)19/h1-3,8-11,14,16,26H,4-7,12-13,15H2. The van der Waals surface area contributed by atoms with Crippen LogP contribution in [-0.4, -0.2) is 40.0 Å². The summed E-state index contributed by atoms with van der Waals surface area (Å²) in [4.78, 5) is 7.08. The number of rotatable bonds is 5. The Morgan fingerprint density at radius 3 is 2.92 bits per heavy atom. The molecule has 0 spiro atoms. The molecule has 3 aromatic rings. The van der Waals surface area contributed by atoms with Crippen LogP contribution in [0, 0.1) is 5.92 Å². The Hall–Kier alpha value is -2.53. The van der Waals surface area contributed by atoms with Crippen molar-refractivity contribution in [1.29, 1.82) is 0 Å². The van der Waals surface area contributed by atoms with Gasteiger partial charge in [-0.15, -0.1) is 5.10 Å². The average Bonchev–Trinajstić information content (AvgIpc) is 2.72. The van der Waals surface area contributed by atoms with E-state index in [1.807, 2.05) is 0 Å². The van der Waals surface area contributed by atoms with Crippen molar-refractivity contribution < 1.29 is 5.11 Å². The molecule has 0 radical (unpaired) electrons. The Labute approximate surface area is 153 Å². The van der Waals surface area contributed by atoms with E-state index in [9.17, 15) is 0 Å². The number of hydrogen-bond acceptors (Lipinski definition) is 5. The van der Waals surface area contributed by atoms with E-state index in [4.69, 9.17) is 10.1 Å². The maximum atomic E-state index is 9.08. The van der Waals surface area contributed by atoms with E-state index in [1.165, 1.54) is 17.2 Å². The maximum absolute atomic E-state index is 9.08. The fourth-order valence-corrected chi connectivity index (χ4v) is 3.87. The lowest BCUT2D eigenvalue weighted by molar-refractivity contribution is 0.263. The first kappa shape index (κ1) is 16.9. The van der Waals surface area contributed by atoms with Crippen molar-refractivity contribution in [2.75, 3.05) is 24.6 Å². The van der Waals surface area contributed by atoms with Gasteiger partial charge in [-0.3, -0.25) is 0 Å². The van der Waals surface area contributed by atoms with Crippen molar-refractivity contribution in [2.24, 2.45) is 5.92 Å². The quantitative estimate of drug-likeness (QED) is 0.762. The minimum atomic E-state index is 0.269. The number of benzene rings is 2. The van der Waals surface area contributed by atoms with E-state index in [2.05, 4.69) is 57.6 Å². The number of piperidine rings is 1. The van der Waals surface area contributed by atoms with Gasteiger partial charge in [-0.25, -0.2) is 4.98 Å². The first-order chi connectivity index (χ1) is 12.8. The predicted molar refractivity (Wildman–Crippen MR) is 104 cm³/mol. The van der Waals surface area contributed by atoms with Crippen LogP contribution in [0.25, 0.3) is 22.0 Å². The van der Waals surface area contributed by atoms with E-state index in [0.29, 0.717) is 11.9 Å². The third-order valence-electron chi connectivity index (χ3n) is 5.19. The molecule has 134 valence electrons. The van der Waals surface area contributed by atoms with Crippen LogP contribution in [0.5, 0.6) is 0 Å². The minimum Gasteiger partial charge on any atom is -0.396 e. The molecule has 1 unspecified atom stereocenters. The van der Waals surface area contributed by atoms with Gasteiger partial charge in [0.2, 0.25) is 5.95 Å². The fraction of sp³-hybridized carbons (Fsp3) is 0.381. The summed E-state index contributed by atoms with van der Waals surface area (Å²) in [5.41, 5.74) is 1.96. The summed E-state index contributed by atoms with van der Waals surface area (Å²) in [5, 5.41) is 20.0. The van der Waals surface area contributed by atoms with Gasteiger partial charge in [0, 0.05) is 25.3 Å². The molecular formula is C21H24N4O. The van der Waals surface area contributed by atoms with Gasteiger partial charge < -0.3 is 10.0 Å². The molecule has 5 nitrogen and oxygen atoms in total. The van der Waals surface area contributed by atoms with Gasteiger partial charge in [0.15, 0.2) is 0 Å². The van der Waals surface area contributed by atoms with Crippen LogP contribution < -0.4 is 4.90 Å². The van der Waals surface area contributed by atoms with Gasteiger partial charge in [-0.1, -0.05) is 42.5 Å². The molecular weight excluding hydrogens is 324 g/mol. The summed E-state index contributed by atoms with van der Waals surface area (Å²) in [7, 11) is 0. The Kier molecular flexibility index (Phi) is 5.07. The smallest absolute Gasteiger partial charge is 0.245 e. The van der Waals surface area contributed by atoms with Crippen molar-refractivity contribution in [3.63, 3.8) is 0 Å². The highest BCUT2D eigenvalue weighted by Gasteiger charge is 2.22. The monoisotopic (exact) mass is 348 g/mol. The highest BCUT2D eigenvalue weighted by molar-refractivity contribution is 5.95. The molecule has 0 aliphatic carbocycles. The molecule has 0 amide bonds. The third-order valence-corrected chi connectivity index (χ3v) is 5.19. The molecule has 2 aromatic carbocycles. The van der Waals surface area contributed by atoms with Crippen LogP contribution in [0.4, 0.5) is 5.95 Å². The average molecular weight is 348 g/mol. The molecule has 1 aromatic heterocycles. The van der Waals surface area contributed by atoms with E-state index in [-0.39, 0.29) is 6.61 Å². The van der Waals surface area contributed by atoms with E-state index < -0.39 is 0 Å². The zero-order chi connectivity index (χ0) is 17.8. The lowest BCUT2D eigenvalue weighted by Crippen LogP contribution is -2.36. The molecule has 0 bridgehead atoms. The normalized spacial score (nSPS) is 17.6. The summed E-state index contributed by atoms with van der Waals surface area (Å²) < 4.78 is 0. The lowest BCUT2D eigenvalue weighted by Gasteiger charge is -2.32. The predicted octanol–water partition coefficient (Wildman–Crippen LogP) is 3.68. The number of nitrogens with zero attached hydrogens (tertiary/aromatic N) is 4. The highest BCUT2D eigenvalue weighted by atomic mass is 16.2. The van der Waals surface area contributed by atoms with Crippen LogP contribution in [0.2, 0.25) is 0 Å². The fourth-order valence-electron chi connectivity index (χ4n) is 3.87. The van der Waals surface area contributed by atoms with Crippen molar-refractivity contribution in [3.8, 4) is 11.3 Å². The van der Waals surface area contributed by atoms with Crippen LogP contribution in [-0.2, 0) is 0 Å². The molecule has 1 saturated heterocycles. The SMILES string of the molecule is OCCCC1CCCN(c2nncc(-c3cccc4ccccc34)n2)C1. The molecule has 5 heteroatoms. The molecule has 26 heavy (non-hydrogen) atoms. The van der Waals surface area contributed by atoms with Gasteiger partial charge in [0.25, 0.3) is 0 Å². The highest BCUT2D eigenvalue weighted by Crippen LogP contribution is 2.29. The van der Waals surface area contributed by atoms with Gasteiger partial charge in [0.05, 0.1) is 11.9 Å². The molecule has 1 aliphatic heterocycles. The molecule has 2 heterocycles. The number of aliphatic hydroxyl groups excluding tert-OH is 1. The molecule has 0 saturated carbocycles. The number of aromatic nitrogens is 3. The first-order valence-electron chi connectivity index (χ1n) is 9.39. The number of hydrogen-bond donors (Lipinski definition) is 1. The number of aliphatic hydroxyl groups is 1. The summed E-state index contributed by atoms with van der Waals surface area (Å²) in [6, 6.07) is 14.6. The van der Waals surface area contributed by atoms with Gasteiger partial charge >= 0.3 is 0 Å². The second-order valence-electron chi connectivity index (χ2n) is 6.99. The van der Waals surface area contributed by atoms with Crippen LogP contribution >= 0.6 is 0 Å². The Morgan fingerprint density at radius 2 is 2.00 bits per heavy atom. The van der Waals surface area contributed by atoms with Gasteiger partial charge in [-0.2, -0.15) is 5.10 Å². The van der Waals surface area contributed by atoms with Gasteiger partial charge in [-0.05, 0) is 42.4 Å². The van der Waals surface area contributed by atoms with Crippen LogP contribution in [0.1, 0.15) is 25.7 Å². The maximum Gasteiger partial charge on any atom is 0.245 e. The van der Waals surface area contributed by atoms with E-state index in [1.54, 1.807) is 6.20 Å². The Morgan fingerprint density at radius 1 is 1.12 bits per heavy atom. The summed E-state index contributed by atoms with van der Waals surface area (Å²) in [5.74, 6) is 1.31. The van der Waals surface area contributed by atoms with Gasteiger partial charge in [0.1, 0.15) is 0 Å². The molecule has 4 rings (SSSR count). The molecule has 1 aliphatic rings. The molecule has 1 fully saturated rings. The van der Waals surface area contributed by atoms with E-state index >= 15 is 0 Å². The summed E-state index contributed by atoms with van der Waals surface area (Å²) >= 11 is 0. The first-order valence-corrected chi connectivity index (χ1v) is 9.39. The van der Waals surface area contributed by atoms with Crippen molar-refractivity contribution >= 4 is 16.7 Å². The van der Waals surface area contributed by atoms with Crippen LogP contribution in [0.3, 0.4) is 0 Å². The largest absolute Gasteiger partial charge is 0.396 e. The lowest BCUT2D eigenvalue weighted by atomic mass is 9.94. The second kappa shape index (κ2) is 7.79. The summed E-state index contributed by atoms with van der Waals surface area (Å²) in [6.07, 6.45) is 6.03. The molecule has 1 N–H and O–H groups in total. The summed E-state index contributed by atoms with van der Waals surface area (Å²) in [6.45, 7) is 2.18. The van der Waals surface area contributed by atoms with E-state index in [0.717, 1.165) is 43.6 Å². The van der Waals surface area contributed by atoms with Crippen molar-refractivity contribution in [1.82, 2.24) is 15.2 Å². The third kappa shape index (κ3) is 3.53. The number of anilines is 1. The van der Waals surface area contributed by atoms with Crippen LogP contribution in [0.15, 0.2) is 48.7 Å². The zero-order valence-corrected chi connectivity index (χ0v) is 14.9.